The van der Waals surface area contributed by atoms with E-state index < -0.39 is 17.7 Å². The SMILES string of the molecule is C[CH]C(=O)N[C@H](C(=O)N1CCN(C(=O)c2cc3c(OCc4ccccc4)c(F)c(F)cc3n2C)CC1)C1CCCCC1. The largest absolute Gasteiger partial charge is 0.485 e. The van der Waals surface area contributed by atoms with Crippen molar-refractivity contribution in [1.82, 2.24) is 19.7 Å². The average Bonchev–Trinajstić information content (AvgIpc) is 3.35. The monoisotopic (exact) mass is 579 g/mol. The highest BCUT2D eigenvalue weighted by Gasteiger charge is 2.36. The number of fused-ring (bicyclic) bond motifs is 1. The summed E-state index contributed by atoms with van der Waals surface area (Å²) in [6, 6.07) is 11.2. The highest BCUT2D eigenvalue weighted by molar-refractivity contribution is 6.00. The first-order valence-corrected chi connectivity index (χ1v) is 14.6. The van der Waals surface area contributed by atoms with Crippen LogP contribution < -0.4 is 10.1 Å². The second-order valence-corrected chi connectivity index (χ2v) is 11.1. The van der Waals surface area contributed by atoms with Gasteiger partial charge in [-0.15, -0.1) is 0 Å². The van der Waals surface area contributed by atoms with Crippen molar-refractivity contribution in [3.05, 3.63) is 71.8 Å². The summed E-state index contributed by atoms with van der Waals surface area (Å²) in [5.41, 5.74) is 1.41. The minimum atomic E-state index is -1.10. The molecule has 2 fully saturated rings. The third kappa shape index (κ3) is 6.12. The van der Waals surface area contributed by atoms with Crippen LogP contribution in [0.3, 0.4) is 0 Å². The van der Waals surface area contributed by atoms with E-state index in [9.17, 15) is 23.2 Å². The number of rotatable bonds is 8. The smallest absolute Gasteiger partial charge is 0.270 e. The standard InChI is InChI=1S/C32H37F2N4O4/c1-3-27(39)35-29(22-12-8-5-9-13-22)32(41)38-16-14-37(15-17-38)31(40)26-18-23-25(36(26)2)19-24(33)28(34)30(23)42-20-21-10-6-4-7-11-21/h3-4,6-7,10-11,18-19,22,29H,5,8-9,12-17,20H2,1-2H3,(H,35,39)/t29-/m0/s1. The lowest BCUT2D eigenvalue weighted by molar-refractivity contribution is -0.139. The van der Waals surface area contributed by atoms with Gasteiger partial charge in [-0.3, -0.25) is 14.4 Å². The fourth-order valence-electron chi connectivity index (χ4n) is 6.03. The van der Waals surface area contributed by atoms with Crippen LogP contribution >= 0.6 is 0 Å². The van der Waals surface area contributed by atoms with Crippen molar-refractivity contribution in [3.63, 3.8) is 0 Å². The van der Waals surface area contributed by atoms with E-state index in [2.05, 4.69) is 5.32 Å². The van der Waals surface area contributed by atoms with Gasteiger partial charge in [-0.25, -0.2) is 4.39 Å². The Kier molecular flexibility index (Phi) is 9.09. The minimum absolute atomic E-state index is 0.0447. The van der Waals surface area contributed by atoms with E-state index in [1.165, 1.54) is 12.5 Å². The summed E-state index contributed by atoms with van der Waals surface area (Å²) in [4.78, 5) is 42.7. The van der Waals surface area contributed by atoms with Crippen LogP contribution in [0.4, 0.5) is 8.78 Å². The predicted octanol–water partition coefficient (Wildman–Crippen LogP) is 4.61. The number of aryl methyl sites for hydroxylation is 1. The van der Waals surface area contributed by atoms with Gasteiger partial charge in [0, 0.05) is 51.1 Å². The second kappa shape index (κ2) is 12.9. The Balaban J connectivity index is 1.30. The topological polar surface area (TPSA) is 83.9 Å². The highest BCUT2D eigenvalue weighted by atomic mass is 19.2. The van der Waals surface area contributed by atoms with E-state index in [1.54, 1.807) is 28.3 Å². The van der Waals surface area contributed by atoms with Gasteiger partial charge < -0.3 is 24.4 Å². The van der Waals surface area contributed by atoms with Crippen LogP contribution in [0.25, 0.3) is 10.9 Å². The predicted molar refractivity (Wildman–Crippen MR) is 155 cm³/mol. The molecule has 223 valence electrons. The first-order valence-electron chi connectivity index (χ1n) is 14.6. The molecule has 0 bridgehead atoms. The Bertz CT molecular complexity index is 1440. The summed E-state index contributed by atoms with van der Waals surface area (Å²) in [5.74, 6) is -2.96. The summed E-state index contributed by atoms with van der Waals surface area (Å²) < 4.78 is 36.7. The molecule has 2 aromatic carbocycles. The maximum Gasteiger partial charge on any atom is 0.270 e. The number of nitrogens with one attached hydrogen (secondary N) is 1. The van der Waals surface area contributed by atoms with Crippen LogP contribution in [0.15, 0.2) is 42.5 Å². The minimum Gasteiger partial charge on any atom is -0.485 e. The number of aromatic nitrogens is 1. The van der Waals surface area contributed by atoms with Crippen LogP contribution in [0.1, 0.15) is 55.1 Å². The molecule has 1 N–H and O–H groups in total. The molecule has 1 aromatic heterocycles. The number of carbonyl (C=O) groups excluding carboxylic acids is 3. The van der Waals surface area contributed by atoms with Gasteiger partial charge >= 0.3 is 0 Å². The number of benzene rings is 2. The first kappa shape index (κ1) is 29.5. The molecule has 1 saturated carbocycles. The molecule has 1 saturated heterocycles. The first-order chi connectivity index (χ1) is 20.3. The average molecular weight is 580 g/mol. The van der Waals surface area contributed by atoms with Gasteiger partial charge in [0.25, 0.3) is 5.91 Å². The Hall–Kier alpha value is -3.95. The molecular weight excluding hydrogens is 542 g/mol. The molecule has 0 unspecified atom stereocenters. The number of halogens is 2. The summed E-state index contributed by atoms with van der Waals surface area (Å²) >= 11 is 0. The number of nitrogens with zero attached hydrogens (tertiary/aromatic N) is 3. The quantitative estimate of drug-likeness (QED) is 0.423. The van der Waals surface area contributed by atoms with Crippen LogP contribution in [0.5, 0.6) is 5.75 Å². The van der Waals surface area contributed by atoms with Gasteiger partial charge in [0.1, 0.15) is 18.3 Å². The normalized spacial score (nSPS) is 16.9. The molecule has 3 aromatic rings. The summed E-state index contributed by atoms with van der Waals surface area (Å²) in [7, 11) is 1.63. The molecular formula is C32H37F2N4O4. The molecule has 3 amide bonds. The van der Waals surface area contributed by atoms with Crippen molar-refractivity contribution in [2.75, 3.05) is 26.2 Å². The Labute approximate surface area is 244 Å². The van der Waals surface area contributed by atoms with E-state index >= 15 is 0 Å². The van der Waals surface area contributed by atoms with Crippen molar-refractivity contribution in [3.8, 4) is 5.75 Å². The van der Waals surface area contributed by atoms with Crippen molar-refractivity contribution < 1.29 is 27.9 Å². The third-order valence-corrected chi connectivity index (χ3v) is 8.47. The molecule has 5 rings (SSSR count). The second-order valence-electron chi connectivity index (χ2n) is 11.1. The molecule has 42 heavy (non-hydrogen) atoms. The molecule has 1 aliphatic heterocycles. The van der Waals surface area contributed by atoms with Crippen LogP contribution in [0.2, 0.25) is 0 Å². The van der Waals surface area contributed by atoms with E-state index in [0.29, 0.717) is 37.1 Å². The van der Waals surface area contributed by atoms with Crippen molar-refractivity contribution in [1.29, 1.82) is 0 Å². The van der Waals surface area contributed by atoms with Crippen molar-refractivity contribution in [2.45, 2.75) is 51.7 Å². The zero-order valence-electron chi connectivity index (χ0n) is 24.1. The third-order valence-electron chi connectivity index (χ3n) is 8.47. The van der Waals surface area contributed by atoms with E-state index in [1.807, 2.05) is 30.3 Å². The number of hydrogen-bond acceptors (Lipinski definition) is 4. The maximum absolute atomic E-state index is 14.9. The number of piperazine rings is 1. The lowest BCUT2D eigenvalue weighted by atomic mass is 9.83. The van der Waals surface area contributed by atoms with Gasteiger partial charge in [-0.1, -0.05) is 56.5 Å². The van der Waals surface area contributed by atoms with Crippen LogP contribution in [-0.2, 0) is 23.2 Å². The molecule has 2 aliphatic rings. The number of carbonyl (C=O) groups is 3. The molecule has 0 spiro atoms. The van der Waals surface area contributed by atoms with Crippen LogP contribution in [0, 0.1) is 24.0 Å². The van der Waals surface area contributed by atoms with Gasteiger partial charge in [-0.05, 0) is 30.4 Å². The van der Waals surface area contributed by atoms with Gasteiger partial charge in [0.2, 0.25) is 17.6 Å². The summed E-state index contributed by atoms with van der Waals surface area (Å²) in [6.45, 7) is 2.96. The molecule has 2 heterocycles. The zero-order valence-corrected chi connectivity index (χ0v) is 24.1. The number of ether oxygens (including phenoxy) is 1. The Morgan fingerprint density at radius 2 is 1.67 bits per heavy atom. The zero-order chi connectivity index (χ0) is 29.8. The summed E-state index contributed by atoms with van der Waals surface area (Å²) in [5, 5.41) is 3.22. The lowest BCUT2D eigenvalue weighted by Crippen LogP contribution is -2.58. The molecule has 1 aliphatic carbocycles. The Morgan fingerprint density at radius 3 is 2.33 bits per heavy atom. The Morgan fingerprint density at radius 1 is 1.00 bits per heavy atom. The summed E-state index contributed by atoms with van der Waals surface area (Å²) in [6.07, 6.45) is 6.45. The fourth-order valence-corrected chi connectivity index (χ4v) is 6.03. The highest BCUT2D eigenvalue weighted by Crippen LogP contribution is 2.34. The number of amides is 3. The molecule has 1 radical (unpaired) electrons. The van der Waals surface area contributed by atoms with E-state index in [4.69, 9.17) is 4.74 Å². The number of hydrogen-bond donors (Lipinski definition) is 1. The van der Waals surface area contributed by atoms with E-state index in [-0.39, 0.29) is 41.7 Å². The van der Waals surface area contributed by atoms with Gasteiger partial charge in [0.05, 0.1) is 5.52 Å². The fraction of sp³-hybridized carbons (Fsp3) is 0.438. The van der Waals surface area contributed by atoms with Crippen molar-refractivity contribution in [2.24, 2.45) is 13.0 Å². The van der Waals surface area contributed by atoms with E-state index in [0.717, 1.165) is 43.7 Å². The van der Waals surface area contributed by atoms with Crippen LogP contribution in [-0.4, -0.2) is 64.3 Å². The molecule has 1 atom stereocenters. The lowest BCUT2D eigenvalue weighted by Gasteiger charge is -2.38. The molecule has 10 heteroatoms. The van der Waals surface area contributed by atoms with Gasteiger partial charge in [-0.2, -0.15) is 4.39 Å². The molecule has 8 nitrogen and oxygen atoms in total. The maximum atomic E-state index is 14.9. The van der Waals surface area contributed by atoms with Gasteiger partial charge in [0.15, 0.2) is 11.6 Å². The van der Waals surface area contributed by atoms with Crippen molar-refractivity contribution >= 4 is 28.6 Å².